The molecule has 18 heavy (non-hydrogen) atoms. The fourth-order valence-electron chi connectivity index (χ4n) is 2.55. The minimum Gasteiger partial charge on any atom is -0.467 e. The molecule has 1 heterocycles. The zero-order chi connectivity index (χ0) is 13.1. The summed E-state index contributed by atoms with van der Waals surface area (Å²) in [6.07, 6.45) is 3.78. The highest BCUT2D eigenvalue weighted by molar-refractivity contribution is 6.27. The third-order valence-corrected chi connectivity index (χ3v) is 3.69. The van der Waals surface area contributed by atoms with Crippen molar-refractivity contribution in [3.8, 4) is 0 Å². The van der Waals surface area contributed by atoms with E-state index in [0.717, 1.165) is 24.3 Å². The number of hydrogen-bond acceptors (Lipinski definition) is 2. The minimum absolute atomic E-state index is 0.00418. The predicted octanol–water partition coefficient (Wildman–Crippen LogP) is 3.55. The van der Waals surface area contributed by atoms with Crippen molar-refractivity contribution in [2.45, 2.75) is 33.2 Å². The largest absolute Gasteiger partial charge is 0.467 e. The van der Waals surface area contributed by atoms with Crippen molar-refractivity contribution in [1.82, 2.24) is 4.90 Å². The molecule has 0 spiro atoms. The summed E-state index contributed by atoms with van der Waals surface area (Å²) in [7, 11) is 0. The Morgan fingerprint density at radius 1 is 1.61 bits per heavy atom. The molecular weight excluding hydrogens is 250 g/mol. The second-order valence-corrected chi connectivity index (χ2v) is 5.07. The van der Waals surface area contributed by atoms with E-state index in [9.17, 15) is 4.79 Å². The van der Waals surface area contributed by atoms with E-state index in [4.69, 9.17) is 16.0 Å². The van der Waals surface area contributed by atoms with Crippen LogP contribution >= 0.6 is 11.6 Å². The monoisotopic (exact) mass is 267 g/mol. The lowest BCUT2D eigenvalue weighted by atomic mass is 10.1. The van der Waals surface area contributed by atoms with Gasteiger partial charge in [-0.15, -0.1) is 11.6 Å². The number of carbonyl (C=O) groups excluding carboxylic acids is 1. The van der Waals surface area contributed by atoms with Crippen molar-refractivity contribution in [3.63, 3.8) is 0 Å². The van der Waals surface area contributed by atoms with Gasteiger partial charge in [0.25, 0.3) is 0 Å². The molecule has 0 fully saturated rings. The van der Waals surface area contributed by atoms with Crippen LogP contribution in [0.4, 0.5) is 0 Å². The first-order chi connectivity index (χ1) is 8.63. The number of alkyl halides is 1. The number of halogens is 1. The van der Waals surface area contributed by atoms with Gasteiger partial charge >= 0.3 is 0 Å². The zero-order valence-electron chi connectivity index (χ0n) is 10.8. The van der Waals surface area contributed by atoms with Crippen molar-refractivity contribution in [2.24, 2.45) is 5.92 Å². The Morgan fingerprint density at radius 2 is 2.39 bits per heavy atom. The third kappa shape index (κ3) is 2.61. The van der Waals surface area contributed by atoms with E-state index in [2.05, 4.69) is 13.8 Å². The van der Waals surface area contributed by atoms with E-state index >= 15 is 0 Å². The number of rotatable bonds is 4. The smallest absolute Gasteiger partial charge is 0.242 e. The summed E-state index contributed by atoms with van der Waals surface area (Å²) in [5, 5.41) is 0. The first-order valence-electron chi connectivity index (χ1n) is 6.21. The van der Waals surface area contributed by atoms with Crippen LogP contribution in [-0.2, 0) is 11.3 Å². The van der Waals surface area contributed by atoms with Crippen LogP contribution < -0.4 is 0 Å². The van der Waals surface area contributed by atoms with E-state index in [1.54, 1.807) is 11.2 Å². The average molecular weight is 268 g/mol. The molecular formula is C14H18ClNO2. The summed E-state index contributed by atoms with van der Waals surface area (Å²) in [5.41, 5.74) is 2.41. The second-order valence-electron chi connectivity index (χ2n) is 4.80. The van der Waals surface area contributed by atoms with Gasteiger partial charge < -0.3 is 9.32 Å². The molecule has 98 valence electrons. The van der Waals surface area contributed by atoms with Gasteiger partial charge in [0.15, 0.2) is 0 Å². The Kier molecular flexibility index (Phi) is 4.12. The van der Waals surface area contributed by atoms with Crippen LogP contribution in [0.15, 0.2) is 34.1 Å². The molecule has 0 aliphatic heterocycles. The van der Waals surface area contributed by atoms with Gasteiger partial charge in [-0.25, -0.2) is 0 Å². The Morgan fingerprint density at radius 3 is 2.89 bits per heavy atom. The quantitative estimate of drug-likeness (QED) is 0.782. The van der Waals surface area contributed by atoms with Crippen LogP contribution in [0.25, 0.3) is 0 Å². The number of carbonyl (C=O) groups is 1. The van der Waals surface area contributed by atoms with Gasteiger partial charge in [-0.3, -0.25) is 4.79 Å². The molecule has 0 radical (unpaired) electrons. The first-order valence-corrected chi connectivity index (χ1v) is 6.75. The normalized spacial score (nSPS) is 19.4. The summed E-state index contributed by atoms with van der Waals surface area (Å²) < 4.78 is 5.33. The van der Waals surface area contributed by atoms with Crippen LogP contribution in [0.2, 0.25) is 0 Å². The summed E-state index contributed by atoms with van der Waals surface area (Å²) in [4.78, 5) is 13.8. The fourth-order valence-corrected chi connectivity index (χ4v) is 2.70. The lowest BCUT2D eigenvalue weighted by molar-refractivity contribution is -0.127. The Balaban J connectivity index is 2.25. The zero-order valence-corrected chi connectivity index (χ0v) is 11.5. The highest BCUT2D eigenvalue weighted by Gasteiger charge is 2.28. The van der Waals surface area contributed by atoms with Crippen LogP contribution in [0.3, 0.4) is 0 Å². The molecule has 0 saturated carbocycles. The van der Waals surface area contributed by atoms with Crippen LogP contribution in [0, 0.1) is 5.92 Å². The number of amides is 1. The molecule has 2 rings (SSSR count). The molecule has 1 aliphatic rings. The van der Waals surface area contributed by atoms with E-state index in [1.807, 2.05) is 12.1 Å². The van der Waals surface area contributed by atoms with E-state index < -0.39 is 0 Å². The van der Waals surface area contributed by atoms with Gasteiger partial charge in [0.2, 0.25) is 5.91 Å². The summed E-state index contributed by atoms with van der Waals surface area (Å²) in [5.74, 6) is 1.14. The molecule has 1 unspecified atom stereocenters. The van der Waals surface area contributed by atoms with Gasteiger partial charge in [-0.05, 0) is 37.8 Å². The van der Waals surface area contributed by atoms with Crippen molar-refractivity contribution in [1.29, 1.82) is 0 Å². The Hall–Kier alpha value is -1.22. The van der Waals surface area contributed by atoms with Gasteiger partial charge in [0.05, 0.1) is 12.8 Å². The molecule has 0 saturated heterocycles. The summed E-state index contributed by atoms with van der Waals surface area (Å²) in [6, 6.07) is 3.71. The van der Waals surface area contributed by atoms with E-state index in [0.29, 0.717) is 12.5 Å². The molecule has 1 amide bonds. The number of furan rings is 1. The minimum atomic E-state index is -0.0591. The molecule has 1 aromatic heterocycles. The predicted molar refractivity (Wildman–Crippen MR) is 71.1 cm³/mol. The topological polar surface area (TPSA) is 33.5 Å². The van der Waals surface area contributed by atoms with E-state index in [1.165, 1.54) is 5.57 Å². The standard InChI is InChI=1S/C14H18ClNO2/c1-10-5-6-11(2)14(10)16(13(17)8-15)9-12-4-3-7-18-12/h3-4,7,10H,5-6,8-9H2,1-2H3. The Bertz CT molecular complexity index is 450. The third-order valence-electron chi connectivity index (χ3n) is 3.46. The number of hydrogen-bond donors (Lipinski definition) is 0. The van der Waals surface area contributed by atoms with Gasteiger partial charge in [0.1, 0.15) is 11.6 Å². The maximum atomic E-state index is 12.0. The molecule has 3 nitrogen and oxygen atoms in total. The maximum Gasteiger partial charge on any atom is 0.242 e. The van der Waals surface area contributed by atoms with Crippen molar-refractivity contribution >= 4 is 17.5 Å². The highest BCUT2D eigenvalue weighted by Crippen LogP contribution is 2.34. The molecule has 4 heteroatoms. The molecule has 0 N–H and O–H groups in total. The number of nitrogens with zero attached hydrogens (tertiary/aromatic N) is 1. The summed E-state index contributed by atoms with van der Waals surface area (Å²) in [6.45, 7) is 4.72. The lowest BCUT2D eigenvalue weighted by Crippen LogP contribution is -2.32. The Labute approximate surface area is 112 Å². The van der Waals surface area contributed by atoms with Gasteiger partial charge in [0, 0.05) is 5.70 Å². The number of allylic oxidation sites excluding steroid dienone is 2. The lowest BCUT2D eigenvalue weighted by Gasteiger charge is -2.26. The first kappa shape index (κ1) is 13.2. The summed E-state index contributed by atoms with van der Waals surface area (Å²) >= 11 is 5.72. The SMILES string of the molecule is CC1=C(N(Cc2ccco2)C(=O)CCl)C(C)CC1. The second kappa shape index (κ2) is 5.61. The van der Waals surface area contributed by atoms with Crippen molar-refractivity contribution in [2.75, 3.05) is 5.88 Å². The molecule has 1 aliphatic carbocycles. The van der Waals surface area contributed by atoms with Gasteiger partial charge in [-0.1, -0.05) is 12.5 Å². The molecule has 0 bridgehead atoms. The fraction of sp³-hybridized carbons (Fsp3) is 0.500. The van der Waals surface area contributed by atoms with Gasteiger partial charge in [-0.2, -0.15) is 0 Å². The molecule has 1 aromatic rings. The average Bonchev–Trinajstić information content (AvgIpc) is 2.97. The van der Waals surface area contributed by atoms with Crippen LogP contribution in [0.1, 0.15) is 32.4 Å². The van der Waals surface area contributed by atoms with E-state index in [-0.39, 0.29) is 11.8 Å². The van der Waals surface area contributed by atoms with Crippen molar-refractivity contribution in [3.05, 3.63) is 35.4 Å². The molecule has 1 atom stereocenters. The van der Waals surface area contributed by atoms with Crippen LogP contribution in [-0.4, -0.2) is 16.7 Å². The molecule has 0 aromatic carbocycles. The maximum absolute atomic E-state index is 12.0. The van der Waals surface area contributed by atoms with Crippen molar-refractivity contribution < 1.29 is 9.21 Å². The van der Waals surface area contributed by atoms with Crippen LogP contribution in [0.5, 0.6) is 0 Å². The highest BCUT2D eigenvalue weighted by atomic mass is 35.5.